The molecule has 3 aliphatic heterocycles. The number of carbonyl (C=O) groups excluding carboxylic acids is 2. The van der Waals surface area contributed by atoms with E-state index in [0.717, 1.165) is 37.7 Å². The van der Waals surface area contributed by atoms with Crippen molar-refractivity contribution in [2.45, 2.75) is 159 Å². The van der Waals surface area contributed by atoms with Crippen LogP contribution in [0.1, 0.15) is 89.9 Å². The lowest BCUT2D eigenvalue weighted by Gasteiger charge is -2.58. The van der Waals surface area contributed by atoms with E-state index in [9.17, 15) is 45.3 Å². The number of hydrogen-bond donors (Lipinski definition) is 7. The Hall–Kier alpha value is -2.80. The predicted octanol–water partition coefficient (Wildman–Crippen LogP) is 2.90. The summed E-state index contributed by atoms with van der Waals surface area (Å²) < 4.78 is 36.4. The number of aromatic hydroxyl groups is 1. The molecule has 21 atom stereocenters. The molecule has 1 unspecified atom stereocenters. The van der Waals surface area contributed by atoms with E-state index < -0.39 is 91.8 Å². The summed E-state index contributed by atoms with van der Waals surface area (Å²) in [6.07, 6.45) is -5.06. The van der Waals surface area contributed by atoms with Crippen molar-refractivity contribution in [1.29, 1.82) is 0 Å². The highest BCUT2D eigenvalue weighted by Gasteiger charge is 2.66. The first-order valence-electron chi connectivity index (χ1n) is 22.1. The van der Waals surface area contributed by atoms with Crippen LogP contribution in [0.3, 0.4) is 0 Å². The number of fused-ring (bicyclic) bond motifs is 7. The topological polar surface area (TPSA) is 231 Å². The number of allylic oxidation sites excluding steroid dienone is 2. The van der Waals surface area contributed by atoms with Crippen LogP contribution in [-0.4, -0.2) is 135 Å². The van der Waals surface area contributed by atoms with Crippen molar-refractivity contribution in [2.75, 3.05) is 6.61 Å². The van der Waals surface area contributed by atoms with Gasteiger partial charge in [-0.3, -0.25) is 0 Å². The lowest BCUT2D eigenvalue weighted by atomic mass is 9.46. The summed E-state index contributed by atoms with van der Waals surface area (Å²) in [6, 6.07) is 5.33. The molecule has 0 aromatic heterocycles. The lowest BCUT2D eigenvalue weighted by molar-refractivity contribution is -0.369. The van der Waals surface area contributed by atoms with E-state index in [4.69, 9.17) is 28.4 Å². The minimum atomic E-state index is -1.76. The molecule has 3 heterocycles. The van der Waals surface area contributed by atoms with Crippen molar-refractivity contribution in [2.24, 2.45) is 46.3 Å². The van der Waals surface area contributed by atoms with E-state index in [2.05, 4.69) is 26.0 Å². The third kappa shape index (κ3) is 7.83. The molecular weight excluding hydrogens is 792 g/mol. The van der Waals surface area contributed by atoms with Crippen LogP contribution in [0.2, 0.25) is 0 Å². The number of phenolic OH excluding ortho intramolecular Hbond substituents is 1. The highest BCUT2D eigenvalue weighted by molar-refractivity contribution is 5.89. The van der Waals surface area contributed by atoms with E-state index in [1.54, 1.807) is 0 Å². The maximum atomic E-state index is 13.3. The Bertz CT molecular complexity index is 1820. The number of ether oxygens (including phenoxy) is 6. The summed E-state index contributed by atoms with van der Waals surface area (Å²) in [4.78, 5) is 26.2. The maximum Gasteiger partial charge on any atom is 0.338 e. The van der Waals surface area contributed by atoms with Gasteiger partial charge in [0.25, 0.3) is 0 Å². The normalized spacial score (nSPS) is 48.0. The van der Waals surface area contributed by atoms with Crippen molar-refractivity contribution in [3.63, 3.8) is 0 Å². The van der Waals surface area contributed by atoms with Gasteiger partial charge in [-0.05, 0) is 119 Å². The number of aliphatic hydroxyl groups is 6. The van der Waals surface area contributed by atoms with Crippen LogP contribution in [0.4, 0.5) is 0 Å². The van der Waals surface area contributed by atoms with Gasteiger partial charge in [-0.15, -0.1) is 0 Å². The van der Waals surface area contributed by atoms with Crippen LogP contribution < -0.4 is 0 Å². The molecule has 15 heteroatoms. The molecule has 0 bridgehead atoms. The van der Waals surface area contributed by atoms with Crippen molar-refractivity contribution in [3.05, 3.63) is 53.1 Å². The van der Waals surface area contributed by atoms with Crippen LogP contribution >= 0.6 is 0 Å². The van der Waals surface area contributed by atoms with E-state index in [0.29, 0.717) is 18.8 Å². The third-order valence-electron chi connectivity index (χ3n) is 15.9. The number of esters is 1. The van der Waals surface area contributed by atoms with E-state index in [1.165, 1.54) is 43.0 Å². The van der Waals surface area contributed by atoms with Crippen LogP contribution in [0, 0.1) is 46.3 Å². The van der Waals surface area contributed by atoms with Crippen LogP contribution in [0.15, 0.2) is 47.6 Å². The largest absolute Gasteiger partial charge is 0.508 e. The second-order valence-corrected chi connectivity index (χ2v) is 19.5. The second-order valence-electron chi connectivity index (χ2n) is 19.5. The van der Waals surface area contributed by atoms with Gasteiger partial charge in [0.2, 0.25) is 0 Å². The lowest BCUT2D eigenvalue weighted by Crippen LogP contribution is -2.64. The molecule has 15 nitrogen and oxygen atoms in total. The van der Waals surface area contributed by atoms with Gasteiger partial charge in [-0.25, -0.2) is 4.79 Å². The average molecular weight is 857 g/mol. The molecule has 1 aromatic rings. The molecule has 0 spiro atoms. The summed E-state index contributed by atoms with van der Waals surface area (Å²) in [5.74, 6) is -0.149. The van der Waals surface area contributed by atoms with Crippen LogP contribution in [0.25, 0.3) is 0 Å². The quantitative estimate of drug-likeness (QED) is 0.108. The zero-order valence-corrected chi connectivity index (χ0v) is 35.6. The SMILES string of the molecule is CC(C)=C[C@@H]1[C@@H](C)[C@H]2[C@H](C[C@H]3[C@@H]4CC=C5CC(O[C@@H]6O[C@H](CO)[C@@H](O)[C@H](O)[C@H]6O[C@@H]6O[C@@H](C)[C@H](OC(=O)c7ccc(O)cc7)[C@@H](O)[C@H]6O)CC[C@]5(C)[C@H]4CC[C@]23C=O)O[C@H]1O. The smallest absolute Gasteiger partial charge is 0.338 e. The molecular formula is C46H64O15. The molecule has 7 aliphatic rings. The fourth-order valence-corrected chi connectivity index (χ4v) is 12.8. The third-order valence-corrected chi connectivity index (χ3v) is 15.9. The summed E-state index contributed by atoms with van der Waals surface area (Å²) in [7, 11) is 0. The monoisotopic (exact) mass is 856 g/mol. The van der Waals surface area contributed by atoms with Gasteiger partial charge in [0.15, 0.2) is 25.0 Å². The number of aliphatic hydroxyl groups excluding tert-OH is 6. The number of phenols is 1. The molecule has 61 heavy (non-hydrogen) atoms. The molecule has 6 fully saturated rings. The van der Waals surface area contributed by atoms with Crippen LogP contribution in [0.5, 0.6) is 5.75 Å². The Balaban J connectivity index is 0.957. The van der Waals surface area contributed by atoms with Gasteiger partial charge in [-0.1, -0.05) is 37.1 Å². The number of rotatable bonds is 9. The van der Waals surface area contributed by atoms with Gasteiger partial charge < -0.3 is 69.0 Å². The number of benzene rings is 1. The first kappa shape index (κ1) is 44.8. The molecule has 0 amide bonds. The molecule has 0 radical (unpaired) electrons. The standard InChI is InChI=1S/C46H64O15/c1-21(2)16-29-22(3)34-32(58-42(29)55)18-31-28-11-8-25-17-27(12-14-45(25,5)30(28)13-15-46(31,34)20-48)57-44-40(36(51)35(50)33(19-47)59-44)61-43-38(53)37(52)39(23(4)56-43)60-41(54)24-6-9-26(49)10-7-24/h6-10,16,20,22-23,27-40,42-44,47,49-53,55H,11-15,17-19H2,1-5H3/t22-,23+,27?,28-,29-,30+,31+,32+,33-,34+,35-,36+,37+,38-,39+,40-,42-,43+,44-,45+,46-/m1/s1. The van der Waals surface area contributed by atoms with Crippen molar-refractivity contribution in [3.8, 4) is 5.75 Å². The number of hydrogen-bond acceptors (Lipinski definition) is 15. The molecule has 7 N–H and O–H groups in total. The van der Waals surface area contributed by atoms with Gasteiger partial charge in [0, 0.05) is 17.3 Å². The Morgan fingerprint density at radius 3 is 2.30 bits per heavy atom. The first-order chi connectivity index (χ1) is 29.0. The van der Waals surface area contributed by atoms with E-state index in [-0.39, 0.29) is 52.4 Å². The van der Waals surface area contributed by atoms with Crippen LogP contribution in [-0.2, 0) is 33.2 Å². The minimum Gasteiger partial charge on any atom is -0.508 e. The predicted molar refractivity (Wildman–Crippen MR) is 215 cm³/mol. The van der Waals surface area contributed by atoms with Crippen molar-refractivity contribution in [1.82, 2.24) is 0 Å². The average Bonchev–Trinajstić information content (AvgIpc) is 3.57. The second kappa shape index (κ2) is 17.3. The summed E-state index contributed by atoms with van der Waals surface area (Å²) in [6.45, 7) is 9.45. The zero-order chi connectivity index (χ0) is 43.7. The summed E-state index contributed by atoms with van der Waals surface area (Å²) in [5, 5.41) is 75.2. The van der Waals surface area contributed by atoms with Gasteiger partial charge in [0.05, 0.1) is 30.5 Å². The van der Waals surface area contributed by atoms with E-state index in [1.807, 2.05) is 13.8 Å². The first-order valence-corrected chi connectivity index (χ1v) is 22.1. The molecule has 3 saturated heterocycles. The number of carbonyl (C=O) groups is 2. The van der Waals surface area contributed by atoms with E-state index >= 15 is 0 Å². The Morgan fingerprint density at radius 2 is 1.61 bits per heavy atom. The minimum absolute atomic E-state index is 0.0340. The molecule has 3 saturated carbocycles. The number of aldehydes is 1. The molecule has 338 valence electrons. The Morgan fingerprint density at radius 1 is 0.885 bits per heavy atom. The molecule has 8 rings (SSSR count). The summed E-state index contributed by atoms with van der Waals surface area (Å²) >= 11 is 0. The molecule has 1 aromatic carbocycles. The van der Waals surface area contributed by atoms with Crippen molar-refractivity contribution < 1.29 is 73.8 Å². The Labute approximate surface area is 356 Å². The van der Waals surface area contributed by atoms with Gasteiger partial charge >= 0.3 is 5.97 Å². The summed E-state index contributed by atoms with van der Waals surface area (Å²) in [5.41, 5.74) is 1.82. The molecule has 4 aliphatic carbocycles. The maximum absolute atomic E-state index is 13.3. The van der Waals surface area contributed by atoms with Gasteiger partial charge in [-0.2, -0.15) is 0 Å². The Kier molecular flexibility index (Phi) is 12.7. The zero-order valence-electron chi connectivity index (χ0n) is 35.6. The van der Waals surface area contributed by atoms with Crippen molar-refractivity contribution >= 4 is 12.3 Å². The fourth-order valence-electron chi connectivity index (χ4n) is 12.8. The highest BCUT2D eigenvalue weighted by Crippen LogP contribution is 2.68. The highest BCUT2D eigenvalue weighted by atomic mass is 16.8. The fraction of sp³-hybridized carbons (Fsp3) is 0.739. The van der Waals surface area contributed by atoms with Gasteiger partial charge in [0.1, 0.15) is 48.7 Å².